The number of ether oxygens (including phenoxy) is 1. The van der Waals surface area contributed by atoms with Gasteiger partial charge in [-0.05, 0) is 18.2 Å². The van der Waals surface area contributed by atoms with Crippen molar-refractivity contribution >= 4 is 17.3 Å². The summed E-state index contributed by atoms with van der Waals surface area (Å²) in [7, 11) is 3.09. The van der Waals surface area contributed by atoms with E-state index in [0.717, 1.165) is 0 Å². The number of aryl methyl sites for hydroxylation is 1. The summed E-state index contributed by atoms with van der Waals surface area (Å²) >= 11 is 0. The molecule has 1 amide bonds. The predicted octanol–water partition coefficient (Wildman–Crippen LogP) is 2.01. The lowest BCUT2D eigenvalue weighted by Crippen LogP contribution is -2.15. The van der Waals surface area contributed by atoms with Gasteiger partial charge in [0.05, 0.1) is 12.8 Å². The Balaban J connectivity index is 2.19. The molecule has 0 saturated heterocycles. The quantitative estimate of drug-likeness (QED) is 0.890. The molecule has 0 saturated carbocycles. The van der Waals surface area contributed by atoms with Crippen LogP contribution in [-0.2, 0) is 7.05 Å². The van der Waals surface area contributed by atoms with Crippen LogP contribution in [0.2, 0.25) is 0 Å². The van der Waals surface area contributed by atoms with Gasteiger partial charge < -0.3 is 20.4 Å². The zero-order valence-corrected chi connectivity index (χ0v) is 10.6. The number of aromatic nitrogens is 1. The number of anilines is 2. The van der Waals surface area contributed by atoms with Gasteiger partial charge in [-0.2, -0.15) is 0 Å². The number of nitrogens with one attached hydrogen (secondary N) is 1. The SMILES string of the molecule is COc1ccc(NC(=O)c2cc(N)cn2C)cc1F. The summed E-state index contributed by atoms with van der Waals surface area (Å²) in [5.41, 5.74) is 6.84. The van der Waals surface area contributed by atoms with Crippen molar-refractivity contribution in [2.24, 2.45) is 7.05 Å². The van der Waals surface area contributed by atoms with Crippen molar-refractivity contribution in [1.82, 2.24) is 4.57 Å². The van der Waals surface area contributed by atoms with Gasteiger partial charge in [-0.15, -0.1) is 0 Å². The van der Waals surface area contributed by atoms with Gasteiger partial charge in [0.15, 0.2) is 11.6 Å². The van der Waals surface area contributed by atoms with Gasteiger partial charge in [0.1, 0.15) is 5.69 Å². The Bertz CT molecular complexity index is 622. The molecule has 5 nitrogen and oxygen atoms in total. The number of amides is 1. The van der Waals surface area contributed by atoms with E-state index < -0.39 is 5.82 Å². The first kappa shape index (κ1) is 12.9. The molecule has 3 N–H and O–H groups in total. The maximum Gasteiger partial charge on any atom is 0.272 e. The Morgan fingerprint density at radius 2 is 2.16 bits per heavy atom. The molecule has 0 aliphatic rings. The van der Waals surface area contributed by atoms with E-state index >= 15 is 0 Å². The predicted molar refractivity (Wildman–Crippen MR) is 70.7 cm³/mol. The molecule has 100 valence electrons. The van der Waals surface area contributed by atoms with Crippen LogP contribution in [0.5, 0.6) is 5.75 Å². The maximum absolute atomic E-state index is 13.5. The van der Waals surface area contributed by atoms with Gasteiger partial charge in [0, 0.05) is 25.0 Å². The molecule has 2 rings (SSSR count). The number of nitrogen functional groups attached to an aromatic ring is 1. The molecular weight excluding hydrogens is 249 g/mol. The van der Waals surface area contributed by atoms with Gasteiger partial charge in [-0.25, -0.2) is 4.39 Å². The molecule has 0 spiro atoms. The van der Waals surface area contributed by atoms with E-state index in [1.54, 1.807) is 29.9 Å². The molecule has 1 aromatic heterocycles. The number of methoxy groups -OCH3 is 1. The first-order chi connectivity index (χ1) is 9.01. The number of hydrogen-bond donors (Lipinski definition) is 2. The standard InChI is InChI=1S/C13H14FN3O2/c1-17-7-8(15)5-11(17)13(18)16-9-3-4-12(19-2)10(14)6-9/h3-7H,15H2,1-2H3,(H,16,18). The van der Waals surface area contributed by atoms with Crippen LogP contribution in [-0.4, -0.2) is 17.6 Å². The average Bonchev–Trinajstić information content (AvgIpc) is 2.69. The fourth-order valence-corrected chi connectivity index (χ4v) is 1.76. The van der Waals surface area contributed by atoms with Gasteiger partial charge in [0.2, 0.25) is 0 Å². The summed E-state index contributed by atoms with van der Waals surface area (Å²) in [5.74, 6) is -0.767. The van der Waals surface area contributed by atoms with E-state index in [4.69, 9.17) is 10.5 Å². The van der Waals surface area contributed by atoms with Crippen LogP contribution in [0.25, 0.3) is 0 Å². The minimum absolute atomic E-state index is 0.126. The number of hydrogen-bond acceptors (Lipinski definition) is 3. The number of nitrogens with two attached hydrogens (primary N) is 1. The molecule has 0 aliphatic carbocycles. The van der Waals surface area contributed by atoms with Crippen LogP contribution in [0, 0.1) is 5.82 Å². The molecule has 2 aromatic rings. The van der Waals surface area contributed by atoms with Gasteiger partial charge in [-0.3, -0.25) is 4.79 Å². The van der Waals surface area contributed by atoms with Crippen LogP contribution in [0.15, 0.2) is 30.5 Å². The molecule has 1 aromatic carbocycles. The highest BCUT2D eigenvalue weighted by Crippen LogP contribution is 2.21. The van der Waals surface area contributed by atoms with Crippen LogP contribution in [0.3, 0.4) is 0 Å². The fraction of sp³-hybridized carbons (Fsp3) is 0.154. The van der Waals surface area contributed by atoms with Crippen LogP contribution >= 0.6 is 0 Å². The summed E-state index contributed by atoms with van der Waals surface area (Å²) in [6.45, 7) is 0. The molecule has 0 unspecified atom stereocenters. The van der Waals surface area contributed by atoms with E-state index in [9.17, 15) is 9.18 Å². The summed E-state index contributed by atoms with van der Waals surface area (Å²) in [6, 6.07) is 5.76. The summed E-state index contributed by atoms with van der Waals surface area (Å²) in [5, 5.41) is 2.59. The Morgan fingerprint density at radius 1 is 1.42 bits per heavy atom. The van der Waals surface area contributed by atoms with Crippen molar-refractivity contribution in [2.75, 3.05) is 18.2 Å². The molecule has 6 heteroatoms. The minimum Gasteiger partial charge on any atom is -0.494 e. The molecule has 19 heavy (non-hydrogen) atoms. The van der Waals surface area contributed by atoms with E-state index in [2.05, 4.69) is 5.32 Å². The normalized spacial score (nSPS) is 10.3. The molecular formula is C13H14FN3O2. The molecule has 0 radical (unpaired) electrons. The molecule has 1 heterocycles. The molecule has 0 atom stereocenters. The summed E-state index contributed by atoms with van der Waals surface area (Å²) < 4.78 is 19.9. The van der Waals surface area contributed by atoms with E-state index in [1.807, 2.05) is 0 Å². The third-order valence-electron chi connectivity index (χ3n) is 2.67. The number of halogens is 1. The summed E-state index contributed by atoms with van der Waals surface area (Å²) in [6.07, 6.45) is 1.63. The van der Waals surface area contributed by atoms with E-state index in [-0.39, 0.29) is 11.7 Å². The number of carbonyl (C=O) groups is 1. The monoisotopic (exact) mass is 263 g/mol. The highest BCUT2D eigenvalue weighted by Gasteiger charge is 2.12. The van der Waals surface area contributed by atoms with E-state index in [1.165, 1.54) is 19.2 Å². The van der Waals surface area contributed by atoms with Crippen molar-refractivity contribution in [3.63, 3.8) is 0 Å². The highest BCUT2D eigenvalue weighted by atomic mass is 19.1. The van der Waals surface area contributed by atoms with Crippen molar-refractivity contribution < 1.29 is 13.9 Å². The fourth-order valence-electron chi connectivity index (χ4n) is 1.76. The molecule has 0 aliphatic heterocycles. The van der Waals surface area contributed by atoms with Crippen LogP contribution in [0.1, 0.15) is 10.5 Å². The second-order valence-electron chi connectivity index (χ2n) is 4.07. The second-order valence-corrected chi connectivity index (χ2v) is 4.07. The van der Waals surface area contributed by atoms with Crippen molar-refractivity contribution in [2.45, 2.75) is 0 Å². The average molecular weight is 263 g/mol. The molecule has 0 fully saturated rings. The van der Waals surface area contributed by atoms with Crippen LogP contribution in [0.4, 0.5) is 15.8 Å². The molecule has 0 bridgehead atoms. The highest BCUT2D eigenvalue weighted by molar-refractivity contribution is 6.03. The number of rotatable bonds is 3. The van der Waals surface area contributed by atoms with Gasteiger partial charge >= 0.3 is 0 Å². The number of carbonyl (C=O) groups excluding carboxylic acids is 1. The Kier molecular flexibility index (Phi) is 3.41. The summed E-state index contributed by atoms with van der Waals surface area (Å²) in [4.78, 5) is 12.0. The van der Waals surface area contributed by atoms with Gasteiger partial charge in [-0.1, -0.05) is 0 Å². The second kappa shape index (κ2) is 5.01. The minimum atomic E-state index is -0.535. The largest absolute Gasteiger partial charge is 0.494 e. The Hall–Kier alpha value is -2.50. The number of benzene rings is 1. The third kappa shape index (κ3) is 2.67. The smallest absolute Gasteiger partial charge is 0.272 e. The topological polar surface area (TPSA) is 69.3 Å². The zero-order valence-electron chi connectivity index (χ0n) is 10.6. The van der Waals surface area contributed by atoms with Crippen molar-refractivity contribution in [3.05, 3.63) is 42.0 Å². The number of nitrogens with zero attached hydrogens (tertiary/aromatic N) is 1. The van der Waals surface area contributed by atoms with Gasteiger partial charge in [0.25, 0.3) is 5.91 Å². The lowest BCUT2D eigenvalue weighted by molar-refractivity contribution is 0.101. The lowest BCUT2D eigenvalue weighted by Gasteiger charge is -2.07. The van der Waals surface area contributed by atoms with E-state index in [0.29, 0.717) is 17.1 Å². The van der Waals surface area contributed by atoms with Crippen molar-refractivity contribution in [3.8, 4) is 5.75 Å². The first-order valence-corrected chi connectivity index (χ1v) is 5.58. The lowest BCUT2D eigenvalue weighted by atomic mass is 10.2. The Morgan fingerprint density at radius 3 is 2.68 bits per heavy atom. The first-order valence-electron chi connectivity index (χ1n) is 5.58. The van der Waals surface area contributed by atoms with Crippen molar-refractivity contribution in [1.29, 1.82) is 0 Å². The maximum atomic E-state index is 13.5. The van der Waals surface area contributed by atoms with Crippen LogP contribution < -0.4 is 15.8 Å². The Labute approximate surface area is 109 Å². The zero-order chi connectivity index (χ0) is 14.0. The third-order valence-corrected chi connectivity index (χ3v) is 2.67.